The minimum Gasteiger partial charge on any atom is -0.369 e. The molecule has 1 aromatic heterocycles. The summed E-state index contributed by atoms with van der Waals surface area (Å²) in [7, 11) is 0. The van der Waals surface area contributed by atoms with Crippen LogP contribution in [0.2, 0.25) is 5.02 Å². The molecule has 0 bridgehead atoms. The maximum Gasteiger partial charge on any atom is 0.205 e. The van der Waals surface area contributed by atoms with E-state index in [-0.39, 0.29) is 5.95 Å². The highest BCUT2D eigenvalue weighted by molar-refractivity contribution is 6.30. The van der Waals surface area contributed by atoms with E-state index >= 15 is 0 Å². The number of nitriles is 2. The zero-order chi connectivity index (χ0) is 15.0. The molecule has 0 saturated carbocycles. The molecule has 0 saturated heterocycles. The van der Waals surface area contributed by atoms with Gasteiger partial charge in [-0.15, -0.1) is 0 Å². The van der Waals surface area contributed by atoms with Crippen molar-refractivity contribution in [1.29, 1.82) is 10.5 Å². The second-order valence-corrected chi connectivity index (χ2v) is 4.83. The zero-order valence-corrected chi connectivity index (χ0v) is 11.5. The van der Waals surface area contributed by atoms with Crippen LogP contribution < -0.4 is 5.73 Å². The number of nitrogen functional groups attached to an aromatic ring is 1. The lowest BCUT2D eigenvalue weighted by molar-refractivity contribution is 1.10. The summed E-state index contributed by atoms with van der Waals surface area (Å²) in [5.74, 6) is 0.235. The Morgan fingerprint density at radius 2 is 1.90 bits per heavy atom. The number of anilines is 1. The second kappa shape index (κ2) is 4.82. The van der Waals surface area contributed by atoms with Crippen molar-refractivity contribution in [2.75, 3.05) is 5.73 Å². The van der Waals surface area contributed by atoms with Gasteiger partial charge in [0.05, 0.1) is 33.9 Å². The van der Waals surface area contributed by atoms with Crippen molar-refractivity contribution in [2.24, 2.45) is 0 Å². The fraction of sp³-hybridized carbons (Fsp3) is 0. The van der Waals surface area contributed by atoms with E-state index in [4.69, 9.17) is 22.6 Å². The van der Waals surface area contributed by atoms with Crippen LogP contribution in [0, 0.1) is 22.7 Å². The summed E-state index contributed by atoms with van der Waals surface area (Å²) in [6.45, 7) is 0. The van der Waals surface area contributed by atoms with Crippen LogP contribution >= 0.6 is 11.6 Å². The highest BCUT2D eigenvalue weighted by atomic mass is 35.5. The Balaban J connectivity index is 2.40. The minimum atomic E-state index is 0.235. The number of halogens is 1. The summed E-state index contributed by atoms with van der Waals surface area (Å²) in [5, 5.41) is 18.8. The van der Waals surface area contributed by atoms with Gasteiger partial charge in [-0.25, -0.2) is 4.98 Å². The molecule has 2 aromatic carbocycles. The third-order valence-corrected chi connectivity index (χ3v) is 3.37. The van der Waals surface area contributed by atoms with E-state index in [0.717, 1.165) is 0 Å². The van der Waals surface area contributed by atoms with Crippen molar-refractivity contribution in [2.45, 2.75) is 0 Å². The number of fused-ring (bicyclic) bond motifs is 1. The van der Waals surface area contributed by atoms with E-state index in [0.29, 0.717) is 32.9 Å². The monoisotopic (exact) mass is 293 g/mol. The van der Waals surface area contributed by atoms with E-state index in [1.54, 1.807) is 41.0 Å². The number of rotatable bonds is 1. The van der Waals surface area contributed by atoms with Gasteiger partial charge < -0.3 is 5.73 Å². The molecule has 6 heteroatoms. The lowest BCUT2D eigenvalue weighted by Crippen LogP contribution is -2.03. The van der Waals surface area contributed by atoms with Crippen molar-refractivity contribution in [1.82, 2.24) is 9.55 Å². The molecular formula is C15H8ClN5. The third kappa shape index (κ3) is 2.06. The van der Waals surface area contributed by atoms with Crippen LogP contribution in [-0.4, -0.2) is 9.55 Å². The minimum absolute atomic E-state index is 0.235. The van der Waals surface area contributed by atoms with Crippen molar-refractivity contribution in [3.63, 3.8) is 0 Å². The Kier molecular flexibility index (Phi) is 2.98. The molecule has 5 nitrogen and oxygen atoms in total. The average Bonchev–Trinajstić information content (AvgIpc) is 2.81. The van der Waals surface area contributed by atoms with Gasteiger partial charge in [-0.05, 0) is 36.4 Å². The number of nitrogens with two attached hydrogens (primary N) is 1. The van der Waals surface area contributed by atoms with Gasteiger partial charge in [-0.1, -0.05) is 11.6 Å². The van der Waals surface area contributed by atoms with Gasteiger partial charge >= 0.3 is 0 Å². The lowest BCUT2D eigenvalue weighted by atomic mass is 10.1. The Hall–Kier alpha value is -3.02. The number of benzene rings is 2. The topological polar surface area (TPSA) is 91.4 Å². The number of aromatic nitrogens is 2. The predicted molar refractivity (Wildman–Crippen MR) is 79.9 cm³/mol. The van der Waals surface area contributed by atoms with E-state index < -0.39 is 0 Å². The average molecular weight is 294 g/mol. The van der Waals surface area contributed by atoms with Crippen molar-refractivity contribution in [3.05, 3.63) is 52.5 Å². The van der Waals surface area contributed by atoms with Gasteiger partial charge in [0.1, 0.15) is 6.07 Å². The van der Waals surface area contributed by atoms with Crippen molar-refractivity contribution >= 4 is 28.6 Å². The Labute approximate surface area is 125 Å². The van der Waals surface area contributed by atoms with Crippen LogP contribution in [0.5, 0.6) is 0 Å². The molecule has 1 heterocycles. The quantitative estimate of drug-likeness (QED) is 0.746. The van der Waals surface area contributed by atoms with Gasteiger partial charge in [0.15, 0.2) is 0 Å². The molecule has 0 aliphatic rings. The van der Waals surface area contributed by atoms with Gasteiger partial charge in [0, 0.05) is 5.02 Å². The lowest BCUT2D eigenvalue weighted by Gasteiger charge is -2.09. The molecule has 2 N–H and O–H groups in total. The molecular weight excluding hydrogens is 286 g/mol. The van der Waals surface area contributed by atoms with Crippen LogP contribution in [0.1, 0.15) is 11.1 Å². The summed E-state index contributed by atoms with van der Waals surface area (Å²) >= 11 is 6.02. The normalized spacial score (nSPS) is 10.2. The maximum absolute atomic E-state index is 9.25. The first-order valence-corrected chi connectivity index (χ1v) is 6.40. The Bertz CT molecular complexity index is 943. The maximum atomic E-state index is 9.25. The number of nitrogens with zero attached hydrogens (tertiary/aromatic N) is 4. The summed E-state index contributed by atoms with van der Waals surface area (Å²) in [5.41, 5.74) is 8.73. The van der Waals surface area contributed by atoms with E-state index in [1.165, 1.54) is 0 Å². The number of hydrogen-bond acceptors (Lipinski definition) is 4. The molecule has 0 aliphatic heterocycles. The first-order valence-electron chi connectivity index (χ1n) is 6.02. The summed E-state index contributed by atoms with van der Waals surface area (Å²) < 4.78 is 1.63. The number of imidazole rings is 1. The molecule has 0 spiro atoms. The highest BCUT2D eigenvalue weighted by Crippen LogP contribution is 2.27. The molecule has 100 valence electrons. The van der Waals surface area contributed by atoms with Crippen molar-refractivity contribution in [3.8, 4) is 17.8 Å². The van der Waals surface area contributed by atoms with Crippen LogP contribution in [0.4, 0.5) is 5.95 Å². The van der Waals surface area contributed by atoms with E-state index in [1.807, 2.05) is 0 Å². The van der Waals surface area contributed by atoms with Crippen LogP contribution in [0.3, 0.4) is 0 Å². The highest BCUT2D eigenvalue weighted by Gasteiger charge is 2.14. The molecule has 21 heavy (non-hydrogen) atoms. The SMILES string of the molecule is N#Cc1ccc2nc(N)n(-c3cc(Cl)ccc3C#N)c2c1. The molecule has 0 aliphatic carbocycles. The standard InChI is InChI=1S/C15H8ClN5/c16-11-3-2-10(8-18)13(6-11)21-14-5-9(7-17)1-4-12(14)20-15(21)19/h1-6H,(H2,19,20). The number of hydrogen-bond donors (Lipinski definition) is 1. The molecule has 0 fully saturated rings. The largest absolute Gasteiger partial charge is 0.369 e. The van der Waals surface area contributed by atoms with Crippen LogP contribution in [-0.2, 0) is 0 Å². The smallest absolute Gasteiger partial charge is 0.205 e. The fourth-order valence-electron chi connectivity index (χ4n) is 2.20. The van der Waals surface area contributed by atoms with Gasteiger partial charge in [0.25, 0.3) is 0 Å². The first kappa shape index (κ1) is 13.0. The zero-order valence-electron chi connectivity index (χ0n) is 10.7. The second-order valence-electron chi connectivity index (χ2n) is 4.39. The van der Waals surface area contributed by atoms with Crippen LogP contribution in [0.25, 0.3) is 16.7 Å². The molecule has 3 rings (SSSR count). The first-order chi connectivity index (χ1) is 10.1. The van der Waals surface area contributed by atoms with E-state index in [2.05, 4.69) is 17.1 Å². The Morgan fingerprint density at radius 3 is 2.62 bits per heavy atom. The Morgan fingerprint density at radius 1 is 1.10 bits per heavy atom. The summed E-state index contributed by atoms with van der Waals surface area (Å²) in [6, 6.07) is 14.2. The fourth-order valence-corrected chi connectivity index (χ4v) is 2.37. The molecule has 0 atom stereocenters. The molecule has 3 aromatic rings. The molecule has 0 amide bonds. The predicted octanol–water partition coefficient (Wildman–Crippen LogP) is 3.00. The summed E-state index contributed by atoms with van der Waals surface area (Å²) in [6.07, 6.45) is 0. The summed E-state index contributed by atoms with van der Waals surface area (Å²) in [4.78, 5) is 4.25. The molecule has 0 radical (unpaired) electrons. The van der Waals surface area contributed by atoms with Gasteiger partial charge in [0.2, 0.25) is 5.95 Å². The van der Waals surface area contributed by atoms with Gasteiger partial charge in [-0.2, -0.15) is 10.5 Å². The van der Waals surface area contributed by atoms with Crippen molar-refractivity contribution < 1.29 is 0 Å². The third-order valence-electron chi connectivity index (χ3n) is 3.13. The van der Waals surface area contributed by atoms with Gasteiger partial charge in [-0.3, -0.25) is 4.57 Å². The van der Waals surface area contributed by atoms with Crippen LogP contribution in [0.15, 0.2) is 36.4 Å². The molecule has 0 unspecified atom stereocenters. The van der Waals surface area contributed by atoms with E-state index in [9.17, 15) is 5.26 Å².